The van der Waals surface area contributed by atoms with Gasteiger partial charge in [-0.2, -0.15) is 0 Å². The summed E-state index contributed by atoms with van der Waals surface area (Å²) in [6, 6.07) is 14.3. The Hall–Kier alpha value is -3.02. The number of fused-ring (bicyclic) bond motifs is 1. The number of hydrogen-bond donors (Lipinski definition) is 1. The fraction of sp³-hybridized carbons (Fsp3) is 0.364. The van der Waals surface area contributed by atoms with Gasteiger partial charge in [0, 0.05) is 25.7 Å². The molecule has 1 amide bonds. The predicted octanol–water partition coefficient (Wildman–Crippen LogP) is 4.02. The van der Waals surface area contributed by atoms with E-state index in [1.807, 2.05) is 29.7 Å². The first-order chi connectivity index (χ1) is 13.4. The maximum atomic E-state index is 13.0. The number of amides is 1. The van der Waals surface area contributed by atoms with Crippen molar-refractivity contribution < 1.29 is 9.90 Å². The van der Waals surface area contributed by atoms with E-state index in [-0.39, 0.29) is 17.8 Å². The van der Waals surface area contributed by atoms with Crippen LogP contribution in [0, 0.1) is 6.92 Å². The molecule has 0 aliphatic carbocycles. The van der Waals surface area contributed by atoms with Crippen LogP contribution in [0.15, 0.2) is 47.3 Å². The highest BCUT2D eigenvalue weighted by Gasteiger charge is 2.31. The maximum Gasteiger partial charge on any atom is 0.407 e. The zero-order valence-corrected chi connectivity index (χ0v) is 16.4. The smallest absolute Gasteiger partial charge is 0.407 e. The molecule has 1 N–H and O–H groups in total. The third-order valence-electron chi connectivity index (χ3n) is 6.00. The Bertz CT molecular complexity index is 1110. The summed E-state index contributed by atoms with van der Waals surface area (Å²) in [6.45, 7) is 4.44. The van der Waals surface area contributed by atoms with Crippen LogP contribution in [0.25, 0.3) is 22.2 Å². The van der Waals surface area contributed by atoms with Crippen molar-refractivity contribution in [2.45, 2.75) is 38.8 Å². The van der Waals surface area contributed by atoms with Crippen LogP contribution >= 0.6 is 0 Å². The Labute approximate surface area is 163 Å². The van der Waals surface area contributed by atoms with Crippen molar-refractivity contribution in [3.63, 3.8) is 0 Å². The lowest BCUT2D eigenvalue weighted by atomic mass is 9.98. The molecule has 0 radical (unpaired) electrons. The molecule has 6 nitrogen and oxygen atoms in total. The molecule has 0 spiro atoms. The van der Waals surface area contributed by atoms with Gasteiger partial charge in [0.2, 0.25) is 0 Å². The number of rotatable bonds is 2. The van der Waals surface area contributed by atoms with Crippen LogP contribution in [0.3, 0.4) is 0 Å². The average Bonchev–Trinajstić information content (AvgIpc) is 2.92. The molecule has 1 aliphatic rings. The monoisotopic (exact) mass is 379 g/mol. The molecule has 4 rings (SSSR count). The van der Waals surface area contributed by atoms with Gasteiger partial charge >= 0.3 is 11.8 Å². The van der Waals surface area contributed by atoms with Crippen LogP contribution in [0.5, 0.6) is 0 Å². The number of imidazole rings is 1. The normalized spacial score (nSPS) is 19.9. The number of carboxylic acid groups (broad SMARTS) is 1. The zero-order chi connectivity index (χ0) is 20.0. The SMILES string of the molecule is Cc1ccccc1-c1ccc2c(c1)n(C)c(=O)n2C1CCN(C(=O)O)C(C)C1. The van der Waals surface area contributed by atoms with Crippen LogP contribution in [0.1, 0.15) is 31.4 Å². The lowest BCUT2D eigenvalue weighted by Gasteiger charge is -2.36. The minimum Gasteiger partial charge on any atom is -0.465 e. The van der Waals surface area contributed by atoms with Crippen molar-refractivity contribution in [1.29, 1.82) is 0 Å². The summed E-state index contributed by atoms with van der Waals surface area (Å²) in [5, 5.41) is 9.31. The largest absolute Gasteiger partial charge is 0.465 e. The second-order valence-corrected chi connectivity index (χ2v) is 7.73. The molecule has 2 heterocycles. The minimum atomic E-state index is -0.890. The van der Waals surface area contributed by atoms with Crippen LogP contribution in [-0.2, 0) is 7.05 Å². The Morgan fingerprint density at radius 3 is 2.57 bits per heavy atom. The minimum absolute atomic E-state index is 0.00566. The van der Waals surface area contributed by atoms with Crippen molar-refractivity contribution in [3.05, 3.63) is 58.5 Å². The molecule has 2 atom stereocenters. The molecule has 3 aromatic rings. The van der Waals surface area contributed by atoms with Crippen molar-refractivity contribution in [1.82, 2.24) is 14.0 Å². The van der Waals surface area contributed by atoms with Gasteiger partial charge in [-0.15, -0.1) is 0 Å². The fourth-order valence-corrected chi connectivity index (χ4v) is 4.45. The maximum absolute atomic E-state index is 13.0. The standard InChI is InChI=1S/C22H25N3O3/c1-14-6-4-5-7-18(14)16-8-9-19-20(13-16)23(3)21(26)25(19)17-10-11-24(22(27)28)15(2)12-17/h4-9,13,15,17H,10-12H2,1-3H3,(H,27,28). The van der Waals surface area contributed by atoms with E-state index < -0.39 is 6.09 Å². The molecule has 1 fully saturated rings. The molecule has 6 heteroatoms. The first kappa shape index (κ1) is 18.3. The predicted molar refractivity (Wildman–Crippen MR) is 110 cm³/mol. The van der Waals surface area contributed by atoms with E-state index in [1.165, 1.54) is 10.5 Å². The van der Waals surface area contributed by atoms with Crippen molar-refractivity contribution in [2.75, 3.05) is 6.54 Å². The number of nitrogens with zero attached hydrogens (tertiary/aromatic N) is 3. The molecule has 146 valence electrons. The van der Waals surface area contributed by atoms with Crippen LogP contribution in [-0.4, -0.2) is 37.8 Å². The van der Waals surface area contributed by atoms with E-state index in [0.717, 1.165) is 22.2 Å². The lowest BCUT2D eigenvalue weighted by Crippen LogP contribution is -2.45. The number of benzene rings is 2. The molecule has 2 aromatic carbocycles. The highest BCUT2D eigenvalue weighted by molar-refractivity contribution is 5.83. The van der Waals surface area contributed by atoms with E-state index in [1.54, 1.807) is 11.6 Å². The van der Waals surface area contributed by atoms with E-state index in [0.29, 0.717) is 19.4 Å². The van der Waals surface area contributed by atoms with Gasteiger partial charge in [-0.3, -0.25) is 9.13 Å². The van der Waals surface area contributed by atoms with Gasteiger partial charge < -0.3 is 10.0 Å². The average molecular weight is 379 g/mol. The van der Waals surface area contributed by atoms with Gasteiger partial charge in [0.1, 0.15) is 0 Å². The summed E-state index contributed by atoms with van der Waals surface area (Å²) in [5.41, 5.74) is 5.21. The highest BCUT2D eigenvalue weighted by atomic mass is 16.4. The zero-order valence-electron chi connectivity index (χ0n) is 16.4. The number of piperidine rings is 1. The second-order valence-electron chi connectivity index (χ2n) is 7.73. The number of aryl methyl sites for hydroxylation is 2. The number of hydrogen-bond acceptors (Lipinski definition) is 2. The first-order valence-electron chi connectivity index (χ1n) is 9.65. The molecule has 0 bridgehead atoms. The highest BCUT2D eigenvalue weighted by Crippen LogP contribution is 2.31. The van der Waals surface area contributed by atoms with Crippen molar-refractivity contribution in [3.8, 4) is 11.1 Å². The van der Waals surface area contributed by atoms with E-state index in [4.69, 9.17) is 0 Å². The molecule has 1 aromatic heterocycles. The summed E-state index contributed by atoms with van der Waals surface area (Å²) >= 11 is 0. The van der Waals surface area contributed by atoms with Gasteiger partial charge in [0.25, 0.3) is 0 Å². The molecule has 2 unspecified atom stereocenters. The molecular weight excluding hydrogens is 354 g/mol. The van der Waals surface area contributed by atoms with Crippen molar-refractivity contribution in [2.24, 2.45) is 7.05 Å². The van der Waals surface area contributed by atoms with Crippen LogP contribution in [0.2, 0.25) is 0 Å². The second kappa shape index (κ2) is 6.86. The summed E-state index contributed by atoms with van der Waals surface area (Å²) in [4.78, 5) is 25.8. The van der Waals surface area contributed by atoms with Crippen molar-refractivity contribution >= 4 is 17.1 Å². The first-order valence-corrected chi connectivity index (χ1v) is 9.65. The molecule has 0 saturated carbocycles. The Kier molecular flexibility index (Phi) is 4.49. The Morgan fingerprint density at radius 1 is 1.14 bits per heavy atom. The Balaban J connectivity index is 1.77. The van der Waals surface area contributed by atoms with Gasteiger partial charge in [0.05, 0.1) is 11.0 Å². The summed E-state index contributed by atoms with van der Waals surface area (Å²) in [6.07, 6.45) is 0.402. The van der Waals surface area contributed by atoms with E-state index in [9.17, 15) is 14.7 Å². The summed E-state index contributed by atoms with van der Waals surface area (Å²) in [7, 11) is 1.80. The topological polar surface area (TPSA) is 67.5 Å². The molecule has 1 saturated heterocycles. The fourth-order valence-electron chi connectivity index (χ4n) is 4.45. The van der Waals surface area contributed by atoms with Crippen LogP contribution < -0.4 is 5.69 Å². The third-order valence-corrected chi connectivity index (χ3v) is 6.00. The van der Waals surface area contributed by atoms with E-state index in [2.05, 4.69) is 31.2 Å². The number of likely N-dealkylation sites (tertiary alicyclic amines) is 1. The van der Waals surface area contributed by atoms with Gasteiger partial charge in [-0.25, -0.2) is 9.59 Å². The third kappa shape index (κ3) is 2.89. The molecular formula is C22H25N3O3. The molecule has 28 heavy (non-hydrogen) atoms. The summed E-state index contributed by atoms with van der Waals surface area (Å²) < 4.78 is 3.55. The van der Waals surface area contributed by atoms with Crippen LogP contribution in [0.4, 0.5) is 4.79 Å². The summed E-state index contributed by atoms with van der Waals surface area (Å²) in [5.74, 6) is 0. The van der Waals surface area contributed by atoms with Gasteiger partial charge in [-0.05, 0) is 55.5 Å². The quantitative estimate of drug-likeness (QED) is 0.731. The number of aromatic nitrogens is 2. The Morgan fingerprint density at radius 2 is 1.89 bits per heavy atom. The number of carbonyl (C=O) groups is 1. The molecule has 1 aliphatic heterocycles. The van der Waals surface area contributed by atoms with Gasteiger partial charge in [-0.1, -0.05) is 30.3 Å². The lowest BCUT2D eigenvalue weighted by molar-refractivity contribution is 0.0978. The van der Waals surface area contributed by atoms with Gasteiger partial charge in [0.15, 0.2) is 0 Å². The van der Waals surface area contributed by atoms with E-state index >= 15 is 0 Å².